The van der Waals surface area contributed by atoms with Gasteiger partial charge in [-0.1, -0.05) is 6.07 Å². The minimum atomic E-state index is -0.579. The fourth-order valence-corrected chi connectivity index (χ4v) is 1.76. The first-order valence-corrected chi connectivity index (χ1v) is 5.80. The van der Waals surface area contributed by atoms with Crippen molar-refractivity contribution < 1.29 is 9.72 Å². The number of rotatable bonds is 4. The van der Waals surface area contributed by atoms with Gasteiger partial charge in [0.25, 0.3) is 5.91 Å². The van der Waals surface area contributed by atoms with Crippen LogP contribution in [0.3, 0.4) is 0 Å². The molecule has 0 spiro atoms. The number of nitrogens with one attached hydrogen (secondary N) is 2. The molecule has 2 aromatic rings. The molecule has 0 aliphatic heterocycles. The molecule has 0 aliphatic rings. The molecule has 7 nitrogen and oxygen atoms in total. The van der Waals surface area contributed by atoms with Gasteiger partial charge in [0.1, 0.15) is 11.3 Å². The number of nitro benzene ring substituents is 1. The molecule has 1 heterocycles. The topological polar surface area (TPSA) is 97.2 Å². The number of amides is 1. The van der Waals surface area contributed by atoms with Crippen molar-refractivity contribution in [2.24, 2.45) is 0 Å². The summed E-state index contributed by atoms with van der Waals surface area (Å²) in [6, 6.07) is 7.84. The summed E-state index contributed by atoms with van der Waals surface area (Å²) in [6.45, 7) is 0. The van der Waals surface area contributed by atoms with Gasteiger partial charge in [0.2, 0.25) is 0 Å². The van der Waals surface area contributed by atoms with Gasteiger partial charge in [0, 0.05) is 13.2 Å². The number of aromatic nitrogens is 1. The summed E-state index contributed by atoms with van der Waals surface area (Å²) < 4.78 is 0. The fraction of sp³-hybridized carbons (Fsp3) is 0.0769. The molecule has 1 amide bonds. The number of nitrogens with zero attached hydrogens (tertiary/aromatic N) is 2. The van der Waals surface area contributed by atoms with Crippen molar-refractivity contribution >= 4 is 23.0 Å². The molecule has 1 aromatic heterocycles. The van der Waals surface area contributed by atoms with Gasteiger partial charge in [-0.25, -0.2) is 0 Å². The van der Waals surface area contributed by atoms with Crippen LogP contribution in [0.15, 0.2) is 42.7 Å². The van der Waals surface area contributed by atoms with Crippen molar-refractivity contribution in [3.63, 3.8) is 0 Å². The Labute approximate surface area is 114 Å². The summed E-state index contributed by atoms with van der Waals surface area (Å²) in [6.07, 6.45) is 3.03. The third kappa shape index (κ3) is 2.72. The van der Waals surface area contributed by atoms with Crippen LogP contribution in [0.5, 0.6) is 0 Å². The molecule has 0 fully saturated rings. The number of hydrogen-bond donors (Lipinski definition) is 2. The van der Waals surface area contributed by atoms with Gasteiger partial charge >= 0.3 is 5.69 Å². The van der Waals surface area contributed by atoms with Gasteiger partial charge in [0.15, 0.2) is 0 Å². The van der Waals surface area contributed by atoms with Crippen molar-refractivity contribution in [3.8, 4) is 0 Å². The lowest BCUT2D eigenvalue weighted by atomic mass is 10.1. The van der Waals surface area contributed by atoms with Crippen LogP contribution in [-0.2, 0) is 0 Å². The molecule has 20 heavy (non-hydrogen) atoms. The third-order valence-electron chi connectivity index (χ3n) is 2.65. The lowest BCUT2D eigenvalue weighted by Gasteiger charge is -2.08. The van der Waals surface area contributed by atoms with Gasteiger partial charge in [-0.05, 0) is 24.3 Å². The Balaban J connectivity index is 2.37. The molecule has 7 heteroatoms. The van der Waals surface area contributed by atoms with E-state index >= 15 is 0 Å². The molecule has 0 unspecified atom stereocenters. The van der Waals surface area contributed by atoms with E-state index < -0.39 is 10.8 Å². The number of para-hydroxylation sites is 1. The minimum Gasteiger partial charge on any atom is -0.383 e. The van der Waals surface area contributed by atoms with Crippen LogP contribution in [0, 0.1) is 10.1 Å². The first kappa shape index (κ1) is 13.5. The first-order chi connectivity index (χ1) is 9.63. The predicted octanol–water partition coefficient (Wildman–Crippen LogP) is 2.28. The Bertz CT molecular complexity index is 643. The summed E-state index contributed by atoms with van der Waals surface area (Å²) in [7, 11) is 1.56. The highest BCUT2D eigenvalue weighted by Crippen LogP contribution is 2.28. The van der Waals surface area contributed by atoms with Crippen LogP contribution in [0.2, 0.25) is 0 Å². The average Bonchev–Trinajstić information content (AvgIpc) is 2.47. The van der Waals surface area contributed by atoms with Crippen LogP contribution >= 0.6 is 0 Å². The van der Waals surface area contributed by atoms with Crippen LogP contribution in [0.25, 0.3) is 0 Å². The molecule has 0 saturated heterocycles. The number of anilines is 2. The lowest BCUT2D eigenvalue weighted by Crippen LogP contribution is -2.14. The summed E-state index contributed by atoms with van der Waals surface area (Å²) in [5.41, 5.74) is 0.498. The maximum absolute atomic E-state index is 12.1. The van der Waals surface area contributed by atoms with E-state index in [1.54, 1.807) is 37.5 Å². The third-order valence-corrected chi connectivity index (χ3v) is 2.65. The summed E-state index contributed by atoms with van der Waals surface area (Å²) in [4.78, 5) is 26.6. The van der Waals surface area contributed by atoms with Crippen LogP contribution in [0.1, 0.15) is 10.4 Å². The normalized spacial score (nSPS) is 9.85. The fourth-order valence-electron chi connectivity index (χ4n) is 1.76. The largest absolute Gasteiger partial charge is 0.383 e. The maximum atomic E-state index is 12.1. The van der Waals surface area contributed by atoms with Gasteiger partial charge < -0.3 is 10.6 Å². The Morgan fingerprint density at radius 2 is 2.10 bits per heavy atom. The Morgan fingerprint density at radius 3 is 2.70 bits per heavy atom. The summed E-state index contributed by atoms with van der Waals surface area (Å²) >= 11 is 0. The molecule has 2 rings (SSSR count). The summed E-state index contributed by atoms with van der Waals surface area (Å²) in [5.74, 6) is -0.554. The second-order valence-corrected chi connectivity index (χ2v) is 3.90. The average molecular weight is 272 g/mol. The molecule has 0 bridgehead atoms. The highest BCUT2D eigenvalue weighted by Gasteiger charge is 2.23. The quantitative estimate of drug-likeness (QED) is 0.657. The standard InChI is InChI=1S/C13H12N4O3/c1-14-11-6-2-5-10(12(11)17(19)20)13(18)16-9-4-3-7-15-8-9/h2-8,14H,1H3,(H,16,18). The Kier molecular flexibility index (Phi) is 3.90. The van der Waals surface area contributed by atoms with E-state index in [1.807, 2.05) is 0 Å². The van der Waals surface area contributed by atoms with E-state index in [-0.39, 0.29) is 16.9 Å². The van der Waals surface area contributed by atoms with Crippen LogP contribution < -0.4 is 10.6 Å². The monoisotopic (exact) mass is 272 g/mol. The number of pyridine rings is 1. The SMILES string of the molecule is CNc1cccc(C(=O)Nc2cccnc2)c1[N+](=O)[O-]. The zero-order valence-electron chi connectivity index (χ0n) is 10.7. The van der Waals surface area contributed by atoms with E-state index in [9.17, 15) is 14.9 Å². The summed E-state index contributed by atoms with van der Waals surface area (Å²) in [5, 5.41) is 16.4. The van der Waals surface area contributed by atoms with Gasteiger partial charge in [-0.2, -0.15) is 0 Å². The second kappa shape index (κ2) is 5.79. The number of carbonyl (C=O) groups excluding carboxylic acids is 1. The number of hydrogen-bond acceptors (Lipinski definition) is 5. The van der Waals surface area contributed by atoms with Crippen molar-refractivity contribution in [1.29, 1.82) is 0 Å². The molecule has 2 N–H and O–H groups in total. The molecule has 1 aromatic carbocycles. The first-order valence-electron chi connectivity index (χ1n) is 5.80. The molecule has 0 atom stereocenters. The smallest absolute Gasteiger partial charge is 0.305 e. The second-order valence-electron chi connectivity index (χ2n) is 3.90. The van der Waals surface area contributed by atoms with Gasteiger partial charge in [-0.15, -0.1) is 0 Å². The molecule has 0 saturated carbocycles. The van der Waals surface area contributed by atoms with Crippen LogP contribution in [0.4, 0.5) is 17.1 Å². The van der Waals surface area contributed by atoms with Gasteiger partial charge in [-0.3, -0.25) is 19.9 Å². The molecular formula is C13H12N4O3. The van der Waals surface area contributed by atoms with E-state index in [0.717, 1.165) is 0 Å². The van der Waals surface area contributed by atoms with Gasteiger partial charge in [0.05, 0.1) is 16.8 Å². The zero-order chi connectivity index (χ0) is 14.5. The highest BCUT2D eigenvalue weighted by atomic mass is 16.6. The molecule has 102 valence electrons. The van der Waals surface area contributed by atoms with Crippen molar-refractivity contribution in [2.75, 3.05) is 17.7 Å². The number of benzene rings is 1. The van der Waals surface area contributed by atoms with E-state index in [1.165, 1.54) is 12.3 Å². The number of nitro groups is 1. The van der Waals surface area contributed by atoms with E-state index in [0.29, 0.717) is 5.69 Å². The maximum Gasteiger partial charge on any atom is 0.305 e. The molecule has 0 radical (unpaired) electrons. The van der Waals surface area contributed by atoms with Crippen LogP contribution in [-0.4, -0.2) is 22.9 Å². The minimum absolute atomic E-state index is 0.00861. The lowest BCUT2D eigenvalue weighted by molar-refractivity contribution is -0.384. The zero-order valence-corrected chi connectivity index (χ0v) is 10.7. The highest BCUT2D eigenvalue weighted by molar-refractivity contribution is 6.08. The van der Waals surface area contributed by atoms with E-state index in [2.05, 4.69) is 15.6 Å². The molecule has 0 aliphatic carbocycles. The van der Waals surface area contributed by atoms with Crippen molar-refractivity contribution in [2.45, 2.75) is 0 Å². The predicted molar refractivity (Wildman–Crippen MR) is 74.8 cm³/mol. The Hall–Kier alpha value is -2.96. The number of carbonyl (C=O) groups is 1. The Morgan fingerprint density at radius 1 is 1.30 bits per heavy atom. The van der Waals surface area contributed by atoms with Crippen molar-refractivity contribution in [3.05, 3.63) is 58.4 Å². The van der Waals surface area contributed by atoms with Crippen molar-refractivity contribution in [1.82, 2.24) is 4.98 Å². The molecular weight excluding hydrogens is 260 g/mol. The van der Waals surface area contributed by atoms with E-state index in [4.69, 9.17) is 0 Å².